The predicted octanol–water partition coefficient (Wildman–Crippen LogP) is 4.85. The van der Waals surface area contributed by atoms with Gasteiger partial charge in [-0.2, -0.15) is 0 Å². The van der Waals surface area contributed by atoms with Crippen LogP contribution in [0.1, 0.15) is 15.9 Å². The fourth-order valence-electron chi connectivity index (χ4n) is 1.69. The molecule has 0 atom stereocenters. The molecule has 2 N–H and O–H groups in total. The second-order valence-electron chi connectivity index (χ2n) is 4.03. The van der Waals surface area contributed by atoms with Crippen molar-refractivity contribution in [2.75, 3.05) is 5.32 Å². The van der Waals surface area contributed by atoms with Gasteiger partial charge in [0.1, 0.15) is 0 Å². The summed E-state index contributed by atoms with van der Waals surface area (Å²) in [5.41, 5.74) is 2.51. The van der Waals surface area contributed by atoms with Crippen LogP contribution in [-0.4, -0.2) is 11.1 Å². The molecule has 0 aliphatic rings. The SMILES string of the molecule is Cc1c(Br)cccc1Nc1ccc(Cl)cc1C(=O)O. The van der Waals surface area contributed by atoms with E-state index >= 15 is 0 Å². The molecular formula is C14H11BrClNO2. The maximum atomic E-state index is 11.2. The number of nitrogens with one attached hydrogen (secondary N) is 1. The topological polar surface area (TPSA) is 49.3 Å². The van der Waals surface area contributed by atoms with Gasteiger partial charge in [0.2, 0.25) is 0 Å². The molecule has 0 aliphatic carbocycles. The number of carbonyl (C=O) groups is 1. The molecule has 0 saturated carbocycles. The van der Waals surface area contributed by atoms with Crippen molar-refractivity contribution in [1.82, 2.24) is 0 Å². The molecule has 0 saturated heterocycles. The summed E-state index contributed by atoms with van der Waals surface area (Å²) in [5, 5.41) is 12.7. The molecule has 2 aromatic rings. The van der Waals surface area contributed by atoms with E-state index in [0.717, 1.165) is 15.7 Å². The lowest BCUT2D eigenvalue weighted by Gasteiger charge is -2.13. The summed E-state index contributed by atoms with van der Waals surface area (Å²) in [7, 11) is 0. The predicted molar refractivity (Wildman–Crippen MR) is 80.6 cm³/mol. The van der Waals surface area contributed by atoms with Crippen LogP contribution in [0.3, 0.4) is 0 Å². The highest BCUT2D eigenvalue weighted by Gasteiger charge is 2.12. The summed E-state index contributed by atoms with van der Waals surface area (Å²) in [6.45, 7) is 1.95. The molecule has 0 spiro atoms. The van der Waals surface area contributed by atoms with E-state index in [1.165, 1.54) is 6.07 Å². The number of hydrogen-bond acceptors (Lipinski definition) is 2. The van der Waals surface area contributed by atoms with E-state index in [9.17, 15) is 9.90 Å². The number of rotatable bonds is 3. The first-order valence-corrected chi connectivity index (χ1v) is 6.71. The van der Waals surface area contributed by atoms with Crippen LogP contribution in [0.4, 0.5) is 11.4 Å². The van der Waals surface area contributed by atoms with Crippen LogP contribution in [0.5, 0.6) is 0 Å². The fourth-order valence-corrected chi connectivity index (χ4v) is 2.23. The largest absolute Gasteiger partial charge is 0.478 e. The Morgan fingerprint density at radius 2 is 2.00 bits per heavy atom. The first kappa shape index (κ1) is 13.9. The minimum absolute atomic E-state index is 0.145. The zero-order chi connectivity index (χ0) is 14.0. The molecule has 0 fully saturated rings. The maximum absolute atomic E-state index is 11.2. The lowest BCUT2D eigenvalue weighted by Crippen LogP contribution is -2.03. The zero-order valence-corrected chi connectivity index (χ0v) is 12.4. The summed E-state index contributed by atoms with van der Waals surface area (Å²) in [4.78, 5) is 11.2. The molecule has 0 bridgehead atoms. The normalized spacial score (nSPS) is 10.3. The Labute approximate surface area is 124 Å². The molecule has 19 heavy (non-hydrogen) atoms. The van der Waals surface area contributed by atoms with Crippen LogP contribution < -0.4 is 5.32 Å². The lowest BCUT2D eigenvalue weighted by molar-refractivity contribution is 0.0698. The average molecular weight is 341 g/mol. The van der Waals surface area contributed by atoms with Gasteiger partial charge in [0.05, 0.1) is 11.3 Å². The average Bonchev–Trinajstić information content (AvgIpc) is 2.36. The number of carboxylic acids is 1. The van der Waals surface area contributed by atoms with E-state index in [4.69, 9.17) is 11.6 Å². The van der Waals surface area contributed by atoms with Gasteiger partial charge >= 0.3 is 5.97 Å². The van der Waals surface area contributed by atoms with Gasteiger partial charge in [-0.25, -0.2) is 4.79 Å². The highest BCUT2D eigenvalue weighted by molar-refractivity contribution is 9.10. The van der Waals surface area contributed by atoms with Crippen LogP contribution in [0.25, 0.3) is 0 Å². The van der Waals surface area contributed by atoms with E-state index in [2.05, 4.69) is 21.2 Å². The second-order valence-corrected chi connectivity index (χ2v) is 5.32. The van der Waals surface area contributed by atoms with E-state index < -0.39 is 5.97 Å². The molecular weight excluding hydrogens is 330 g/mol. The van der Waals surface area contributed by atoms with E-state index in [1.807, 2.05) is 25.1 Å². The molecule has 5 heteroatoms. The Morgan fingerprint density at radius 1 is 1.26 bits per heavy atom. The van der Waals surface area contributed by atoms with Crippen LogP contribution in [0.15, 0.2) is 40.9 Å². The molecule has 0 heterocycles. The third kappa shape index (κ3) is 3.08. The van der Waals surface area contributed by atoms with Crippen molar-refractivity contribution in [3.8, 4) is 0 Å². The van der Waals surface area contributed by atoms with Crippen LogP contribution >= 0.6 is 27.5 Å². The van der Waals surface area contributed by atoms with Gasteiger partial charge in [-0.05, 0) is 42.8 Å². The highest BCUT2D eigenvalue weighted by Crippen LogP contribution is 2.29. The molecule has 0 radical (unpaired) electrons. The van der Waals surface area contributed by atoms with Gasteiger partial charge in [-0.1, -0.05) is 33.6 Å². The van der Waals surface area contributed by atoms with E-state index in [1.54, 1.807) is 12.1 Å². The van der Waals surface area contributed by atoms with Crippen molar-refractivity contribution in [3.63, 3.8) is 0 Å². The Balaban J connectivity index is 2.44. The van der Waals surface area contributed by atoms with Gasteiger partial charge in [0.25, 0.3) is 0 Å². The lowest BCUT2D eigenvalue weighted by atomic mass is 10.1. The van der Waals surface area contributed by atoms with Crippen LogP contribution in [-0.2, 0) is 0 Å². The van der Waals surface area contributed by atoms with Gasteiger partial charge in [-0.3, -0.25) is 0 Å². The standard InChI is InChI=1S/C14H11BrClNO2/c1-8-11(15)3-2-4-12(8)17-13-6-5-9(16)7-10(13)14(18)19/h2-7,17H,1H3,(H,18,19). The molecule has 0 aromatic heterocycles. The molecule has 0 unspecified atom stereocenters. The summed E-state index contributed by atoms with van der Waals surface area (Å²) < 4.78 is 0.961. The number of aromatic carboxylic acids is 1. The van der Waals surface area contributed by atoms with Crippen LogP contribution in [0.2, 0.25) is 5.02 Å². The van der Waals surface area contributed by atoms with E-state index in [0.29, 0.717) is 10.7 Å². The number of halogens is 2. The molecule has 2 aromatic carbocycles. The Bertz CT molecular complexity index is 643. The number of hydrogen-bond donors (Lipinski definition) is 2. The Hall–Kier alpha value is -1.52. The number of carboxylic acid groups (broad SMARTS) is 1. The molecule has 3 nitrogen and oxygen atoms in total. The van der Waals surface area contributed by atoms with Gasteiger partial charge in [0, 0.05) is 15.2 Å². The summed E-state index contributed by atoms with van der Waals surface area (Å²) in [6, 6.07) is 10.5. The number of benzene rings is 2. The smallest absolute Gasteiger partial charge is 0.337 e. The van der Waals surface area contributed by atoms with Gasteiger partial charge in [0.15, 0.2) is 0 Å². The minimum Gasteiger partial charge on any atom is -0.478 e. The molecule has 98 valence electrons. The first-order chi connectivity index (χ1) is 8.99. The summed E-state index contributed by atoms with van der Waals surface area (Å²) in [5.74, 6) is -1.02. The minimum atomic E-state index is -1.02. The third-order valence-electron chi connectivity index (χ3n) is 2.75. The summed E-state index contributed by atoms with van der Waals surface area (Å²) >= 11 is 9.26. The highest BCUT2D eigenvalue weighted by atomic mass is 79.9. The molecule has 0 aliphatic heterocycles. The number of anilines is 2. The van der Waals surface area contributed by atoms with Crippen molar-refractivity contribution in [3.05, 3.63) is 57.0 Å². The third-order valence-corrected chi connectivity index (χ3v) is 3.84. The molecule has 0 amide bonds. The first-order valence-electron chi connectivity index (χ1n) is 5.54. The Kier molecular flexibility index (Phi) is 4.12. The summed E-state index contributed by atoms with van der Waals surface area (Å²) in [6.07, 6.45) is 0. The van der Waals surface area contributed by atoms with Crippen molar-refractivity contribution < 1.29 is 9.90 Å². The monoisotopic (exact) mass is 339 g/mol. The fraction of sp³-hybridized carbons (Fsp3) is 0.0714. The van der Waals surface area contributed by atoms with Crippen molar-refractivity contribution in [2.45, 2.75) is 6.92 Å². The Morgan fingerprint density at radius 3 is 2.68 bits per heavy atom. The van der Waals surface area contributed by atoms with Crippen molar-refractivity contribution in [1.29, 1.82) is 0 Å². The van der Waals surface area contributed by atoms with E-state index in [-0.39, 0.29) is 5.56 Å². The molecule has 2 rings (SSSR count). The maximum Gasteiger partial charge on any atom is 0.337 e. The van der Waals surface area contributed by atoms with Gasteiger partial charge in [-0.15, -0.1) is 0 Å². The van der Waals surface area contributed by atoms with Crippen molar-refractivity contribution >= 4 is 44.9 Å². The van der Waals surface area contributed by atoms with Gasteiger partial charge < -0.3 is 10.4 Å². The zero-order valence-electron chi connectivity index (χ0n) is 10.1. The quantitative estimate of drug-likeness (QED) is 0.839. The van der Waals surface area contributed by atoms with Crippen molar-refractivity contribution in [2.24, 2.45) is 0 Å². The second kappa shape index (κ2) is 5.63. The van der Waals surface area contributed by atoms with Crippen LogP contribution in [0, 0.1) is 6.92 Å².